The molecule has 0 saturated carbocycles. The fourth-order valence-corrected chi connectivity index (χ4v) is 2.24. The molecule has 0 atom stereocenters. The van der Waals surface area contributed by atoms with Gasteiger partial charge in [-0.2, -0.15) is 0 Å². The van der Waals surface area contributed by atoms with Crippen LogP contribution in [0.4, 0.5) is 4.79 Å². The van der Waals surface area contributed by atoms with Crippen LogP contribution >= 0.6 is 11.6 Å². The smallest absolute Gasteiger partial charge is 0.407 e. The molecule has 4 nitrogen and oxygen atoms in total. The van der Waals surface area contributed by atoms with Crippen molar-refractivity contribution in [3.05, 3.63) is 64.2 Å². The predicted molar refractivity (Wildman–Crippen MR) is 94.0 cm³/mol. The maximum atomic E-state index is 11.5. The molecule has 0 heterocycles. The normalized spacial score (nSPS) is 9.75. The molecule has 1 amide bonds. The zero-order valence-electron chi connectivity index (χ0n) is 13.3. The summed E-state index contributed by atoms with van der Waals surface area (Å²) in [6.45, 7) is 2.39. The lowest BCUT2D eigenvalue weighted by Gasteiger charge is -2.05. The van der Waals surface area contributed by atoms with E-state index in [0.29, 0.717) is 18.5 Å². The zero-order valence-corrected chi connectivity index (χ0v) is 14.1. The summed E-state index contributed by atoms with van der Waals surface area (Å²) >= 11 is 5.89. The number of phenols is 1. The number of benzene rings is 2. The minimum absolute atomic E-state index is 0.0741. The Bertz CT molecular complexity index is 740. The monoisotopic (exact) mass is 343 g/mol. The van der Waals surface area contributed by atoms with Gasteiger partial charge in [0, 0.05) is 18.5 Å². The van der Waals surface area contributed by atoms with Crippen LogP contribution in [0.15, 0.2) is 42.5 Å². The van der Waals surface area contributed by atoms with Crippen molar-refractivity contribution in [3.63, 3.8) is 0 Å². The molecule has 2 aromatic carbocycles. The van der Waals surface area contributed by atoms with Crippen LogP contribution in [0.25, 0.3) is 0 Å². The molecule has 124 valence electrons. The van der Waals surface area contributed by atoms with Gasteiger partial charge in [-0.1, -0.05) is 53.8 Å². The quantitative estimate of drug-likeness (QED) is 0.651. The average molecular weight is 344 g/mol. The molecule has 0 bridgehead atoms. The van der Waals surface area contributed by atoms with Crippen molar-refractivity contribution in [2.45, 2.75) is 20.0 Å². The number of aromatic hydroxyl groups is 1. The fourth-order valence-electron chi connectivity index (χ4n) is 1.97. The topological polar surface area (TPSA) is 58.6 Å². The van der Waals surface area contributed by atoms with Gasteiger partial charge >= 0.3 is 6.09 Å². The molecule has 24 heavy (non-hydrogen) atoms. The summed E-state index contributed by atoms with van der Waals surface area (Å²) in [5, 5.41) is 12.5. The Labute approximate surface area is 146 Å². The van der Waals surface area contributed by atoms with E-state index < -0.39 is 6.09 Å². The van der Waals surface area contributed by atoms with Crippen molar-refractivity contribution in [1.82, 2.24) is 5.32 Å². The van der Waals surface area contributed by atoms with Crippen molar-refractivity contribution in [3.8, 4) is 17.6 Å². The van der Waals surface area contributed by atoms with E-state index in [1.165, 1.54) is 0 Å². The van der Waals surface area contributed by atoms with Crippen LogP contribution in [0.2, 0.25) is 5.02 Å². The number of carbonyl (C=O) groups excluding carboxylic acids is 1. The Balaban J connectivity index is 1.72. The maximum Gasteiger partial charge on any atom is 0.407 e. The minimum atomic E-state index is -0.468. The van der Waals surface area contributed by atoms with Crippen molar-refractivity contribution < 1.29 is 14.6 Å². The number of nitrogens with one attached hydrogen (secondary N) is 1. The second-order valence-corrected chi connectivity index (χ2v) is 5.57. The van der Waals surface area contributed by atoms with Gasteiger partial charge in [-0.3, -0.25) is 0 Å². The van der Waals surface area contributed by atoms with Gasteiger partial charge in [0.1, 0.15) is 12.4 Å². The predicted octanol–water partition coefficient (Wildman–Crippen LogP) is 4.02. The third-order valence-electron chi connectivity index (χ3n) is 3.22. The number of hydrogen-bond donors (Lipinski definition) is 2. The molecule has 0 aliphatic heterocycles. The SMILES string of the molecule is Cc1cc(C#CCCNC(=O)OCc2ccccc2)cc(Cl)c1O. The highest BCUT2D eigenvalue weighted by Crippen LogP contribution is 2.27. The van der Waals surface area contributed by atoms with Crippen LogP contribution in [0.5, 0.6) is 5.75 Å². The van der Waals surface area contributed by atoms with Crippen molar-refractivity contribution >= 4 is 17.7 Å². The number of hydrogen-bond acceptors (Lipinski definition) is 3. The largest absolute Gasteiger partial charge is 0.506 e. The molecule has 0 aliphatic rings. The summed E-state index contributed by atoms with van der Waals surface area (Å²) in [7, 11) is 0. The first-order valence-electron chi connectivity index (χ1n) is 7.49. The summed E-state index contributed by atoms with van der Waals surface area (Å²) in [5.41, 5.74) is 2.34. The Hall–Kier alpha value is -2.64. The molecule has 2 N–H and O–H groups in total. The van der Waals surface area contributed by atoms with Gasteiger partial charge in [0.25, 0.3) is 0 Å². The molecule has 5 heteroatoms. The molecule has 0 radical (unpaired) electrons. The van der Waals surface area contributed by atoms with Gasteiger partial charge in [0.15, 0.2) is 0 Å². The lowest BCUT2D eigenvalue weighted by Crippen LogP contribution is -2.24. The number of aryl methyl sites for hydroxylation is 1. The first-order valence-corrected chi connectivity index (χ1v) is 7.86. The zero-order chi connectivity index (χ0) is 17.4. The Morgan fingerprint density at radius 1 is 1.29 bits per heavy atom. The van der Waals surface area contributed by atoms with E-state index in [4.69, 9.17) is 16.3 Å². The van der Waals surface area contributed by atoms with E-state index in [9.17, 15) is 9.90 Å². The van der Waals surface area contributed by atoms with Gasteiger partial charge in [0.05, 0.1) is 5.02 Å². The molecule has 0 aliphatic carbocycles. The van der Waals surface area contributed by atoms with E-state index in [1.807, 2.05) is 30.3 Å². The number of halogens is 1. The summed E-state index contributed by atoms with van der Waals surface area (Å²) in [4.78, 5) is 11.5. The Kier molecular flexibility index (Phi) is 6.53. The maximum absolute atomic E-state index is 11.5. The van der Waals surface area contributed by atoms with Crippen LogP contribution in [-0.2, 0) is 11.3 Å². The second-order valence-electron chi connectivity index (χ2n) is 5.16. The lowest BCUT2D eigenvalue weighted by molar-refractivity contribution is 0.140. The third-order valence-corrected chi connectivity index (χ3v) is 3.51. The van der Waals surface area contributed by atoms with Gasteiger partial charge in [-0.05, 0) is 30.2 Å². The number of phenolic OH excluding ortho intramolecular Hbond substituents is 1. The molecule has 0 spiro atoms. The minimum Gasteiger partial charge on any atom is -0.506 e. The first kappa shape index (κ1) is 17.7. The number of ether oxygens (including phenoxy) is 1. The fraction of sp³-hybridized carbons (Fsp3) is 0.211. The number of alkyl carbamates (subject to hydrolysis) is 1. The van der Waals surface area contributed by atoms with Gasteiger partial charge in [0.2, 0.25) is 0 Å². The number of amides is 1. The highest BCUT2D eigenvalue weighted by atomic mass is 35.5. The van der Waals surface area contributed by atoms with Gasteiger partial charge < -0.3 is 15.2 Å². The van der Waals surface area contributed by atoms with E-state index in [1.54, 1.807) is 19.1 Å². The average Bonchev–Trinajstić information content (AvgIpc) is 2.58. The van der Waals surface area contributed by atoms with Crippen molar-refractivity contribution in [2.24, 2.45) is 0 Å². The Morgan fingerprint density at radius 3 is 2.75 bits per heavy atom. The standard InChI is InChI=1S/C19H18ClNO3/c1-14-11-16(12-17(20)18(14)22)9-5-6-10-21-19(23)24-13-15-7-3-2-4-8-15/h2-4,7-8,11-12,22H,6,10,13H2,1H3,(H,21,23). The van der Waals surface area contributed by atoms with Crippen molar-refractivity contribution in [2.75, 3.05) is 6.54 Å². The number of rotatable bonds is 4. The van der Waals surface area contributed by atoms with Gasteiger partial charge in [-0.15, -0.1) is 0 Å². The summed E-state index contributed by atoms with van der Waals surface area (Å²) < 4.78 is 5.09. The van der Waals surface area contributed by atoms with E-state index in [2.05, 4.69) is 17.2 Å². The van der Waals surface area contributed by atoms with E-state index in [-0.39, 0.29) is 17.4 Å². The summed E-state index contributed by atoms with van der Waals surface area (Å²) in [6, 6.07) is 12.8. The molecular weight excluding hydrogens is 326 g/mol. The van der Waals surface area contributed by atoms with Crippen LogP contribution in [0, 0.1) is 18.8 Å². The molecule has 2 aromatic rings. The third kappa shape index (κ3) is 5.53. The second kappa shape index (κ2) is 8.85. The highest BCUT2D eigenvalue weighted by molar-refractivity contribution is 6.32. The molecule has 0 fully saturated rings. The van der Waals surface area contributed by atoms with Crippen LogP contribution < -0.4 is 5.32 Å². The van der Waals surface area contributed by atoms with Crippen molar-refractivity contribution in [1.29, 1.82) is 0 Å². The summed E-state index contributed by atoms with van der Waals surface area (Å²) in [5.74, 6) is 5.97. The van der Waals surface area contributed by atoms with Gasteiger partial charge in [-0.25, -0.2) is 4.79 Å². The molecule has 0 saturated heterocycles. The molecule has 0 unspecified atom stereocenters. The Morgan fingerprint density at radius 2 is 2.04 bits per heavy atom. The van der Waals surface area contributed by atoms with Crippen LogP contribution in [0.1, 0.15) is 23.1 Å². The van der Waals surface area contributed by atoms with E-state index in [0.717, 1.165) is 11.1 Å². The van der Waals surface area contributed by atoms with Crippen LogP contribution in [0.3, 0.4) is 0 Å². The summed E-state index contributed by atoms with van der Waals surface area (Å²) in [6.07, 6.45) is 0.0158. The van der Waals surface area contributed by atoms with E-state index >= 15 is 0 Å². The highest BCUT2D eigenvalue weighted by Gasteiger charge is 2.03. The molecule has 0 aromatic heterocycles. The molecule has 2 rings (SSSR count). The number of carbonyl (C=O) groups is 1. The lowest BCUT2D eigenvalue weighted by atomic mass is 10.1. The van der Waals surface area contributed by atoms with Crippen LogP contribution in [-0.4, -0.2) is 17.7 Å². The first-order chi connectivity index (χ1) is 11.6. The molecular formula is C19H18ClNO3.